The Balaban J connectivity index is 1.86. The fourth-order valence-electron chi connectivity index (χ4n) is 2.16. The van der Waals surface area contributed by atoms with Crippen molar-refractivity contribution in [3.8, 4) is 5.75 Å². The topological polar surface area (TPSA) is 59.3 Å². The van der Waals surface area contributed by atoms with Gasteiger partial charge in [-0.15, -0.1) is 0 Å². The molecular formula is C16H23N3O2. The van der Waals surface area contributed by atoms with E-state index in [4.69, 9.17) is 4.74 Å². The quantitative estimate of drug-likeness (QED) is 0.820. The fraction of sp³-hybridized carbons (Fsp3) is 0.438. The molecule has 0 saturated carbocycles. The number of rotatable bonds is 7. The van der Waals surface area contributed by atoms with Crippen molar-refractivity contribution in [2.24, 2.45) is 0 Å². The maximum Gasteiger partial charge on any atom is 0.118 e. The molecule has 2 N–H and O–H groups in total. The summed E-state index contributed by atoms with van der Waals surface area (Å²) in [4.78, 5) is 0. The Hall–Kier alpha value is -1.85. The average Bonchev–Trinajstić information content (AvgIpc) is 3.06. The van der Waals surface area contributed by atoms with Gasteiger partial charge in [0, 0.05) is 25.0 Å². The summed E-state index contributed by atoms with van der Waals surface area (Å²) in [6.07, 6.45) is 3.18. The monoisotopic (exact) mass is 289 g/mol. The maximum absolute atomic E-state index is 10.2. The average molecular weight is 289 g/mol. The number of benzene rings is 1. The van der Waals surface area contributed by atoms with Gasteiger partial charge in [0.05, 0.1) is 19.3 Å². The molecule has 5 nitrogen and oxygen atoms in total. The molecule has 1 aromatic carbocycles. The predicted molar refractivity (Wildman–Crippen MR) is 82.4 cm³/mol. The van der Waals surface area contributed by atoms with E-state index in [1.807, 2.05) is 41.2 Å². The molecule has 0 aliphatic carbocycles. The van der Waals surface area contributed by atoms with Gasteiger partial charge in [0.25, 0.3) is 0 Å². The van der Waals surface area contributed by atoms with Crippen LogP contribution in [0.5, 0.6) is 5.75 Å². The number of hydrogen-bond donors (Lipinski definition) is 2. The summed E-state index contributed by atoms with van der Waals surface area (Å²) in [6, 6.07) is 9.82. The Bertz CT molecular complexity index is 525. The van der Waals surface area contributed by atoms with E-state index >= 15 is 0 Å². The minimum Gasteiger partial charge on any atom is -0.497 e. The Morgan fingerprint density at radius 3 is 2.57 bits per heavy atom. The van der Waals surface area contributed by atoms with E-state index in [-0.39, 0.29) is 12.1 Å². The number of aromatic nitrogens is 2. The Kier molecular flexibility index (Phi) is 5.36. The highest BCUT2D eigenvalue weighted by atomic mass is 16.5. The summed E-state index contributed by atoms with van der Waals surface area (Å²) in [5, 5.41) is 17.8. The standard InChI is InChI=1S/C16H23N3O2/c1-12(13(2)19-10-4-9-18-19)17-11-16(20)14-5-7-15(21-3)8-6-14/h4-10,12-13,16-17,20H,11H2,1-3H3/t12-,13-,16-/m1/s1. The van der Waals surface area contributed by atoms with Gasteiger partial charge in [-0.1, -0.05) is 12.1 Å². The lowest BCUT2D eigenvalue weighted by Crippen LogP contribution is -2.36. The molecule has 0 spiro atoms. The third kappa shape index (κ3) is 4.06. The molecule has 1 aromatic heterocycles. The van der Waals surface area contributed by atoms with E-state index in [0.29, 0.717) is 6.54 Å². The molecule has 0 aliphatic heterocycles. The molecule has 0 bridgehead atoms. The summed E-state index contributed by atoms with van der Waals surface area (Å²) < 4.78 is 7.03. The van der Waals surface area contributed by atoms with Crippen molar-refractivity contribution < 1.29 is 9.84 Å². The molecule has 0 saturated heterocycles. The molecule has 3 atom stereocenters. The summed E-state index contributed by atoms with van der Waals surface area (Å²) in [7, 11) is 1.63. The van der Waals surface area contributed by atoms with Gasteiger partial charge in [-0.2, -0.15) is 5.10 Å². The molecule has 0 unspecified atom stereocenters. The highest BCUT2D eigenvalue weighted by Gasteiger charge is 2.15. The van der Waals surface area contributed by atoms with E-state index < -0.39 is 6.10 Å². The molecule has 5 heteroatoms. The van der Waals surface area contributed by atoms with Gasteiger partial charge in [-0.05, 0) is 37.6 Å². The van der Waals surface area contributed by atoms with Crippen LogP contribution < -0.4 is 10.1 Å². The SMILES string of the molecule is COc1ccc([C@H](O)CN[C@H](C)[C@@H](C)n2cccn2)cc1. The summed E-state index contributed by atoms with van der Waals surface area (Å²) in [6.45, 7) is 4.69. The summed E-state index contributed by atoms with van der Waals surface area (Å²) in [5.41, 5.74) is 0.877. The summed E-state index contributed by atoms with van der Waals surface area (Å²) in [5.74, 6) is 0.791. The zero-order chi connectivity index (χ0) is 15.2. The van der Waals surface area contributed by atoms with Crippen LogP contribution in [0.4, 0.5) is 0 Å². The van der Waals surface area contributed by atoms with E-state index in [2.05, 4.69) is 24.3 Å². The van der Waals surface area contributed by atoms with E-state index in [1.165, 1.54) is 0 Å². The van der Waals surface area contributed by atoms with Gasteiger partial charge in [0.15, 0.2) is 0 Å². The molecule has 21 heavy (non-hydrogen) atoms. The molecule has 0 amide bonds. The van der Waals surface area contributed by atoms with Gasteiger partial charge >= 0.3 is 0 Å². The number of aliphatic hydroxyl groups is 1. The van der Waals surface area contributed by atoms with Crippen molar-refractivity contribution in [2.45, 2.75) is 32.0 Å². The molecule has 0 fully saturated rings. The van der Waals surface area contributed by atoms with Crippen molar-refractivity contribution in [2.75, 3.05) is 13.7 Å². The Morgan fingerprint density at radius 1 is 1.29 bits per heavy atom. The largest absolute Gasteiger partial charge is 0.497 e. The smallest absolute Gasteiger partial charge is 0.118 e. The van der Waals surface area contributed by atoms with Crippen molar-refractivity contribution in [3.05, 3.63) is 48.3 Å². The van der Waals surface area contributed by atoms with Crippen LogP contribution in [-0.2, 0) is 0 Å². The lowest BCUT2D eigenvalue weighted by molar-refractivity contribution is 0.165. The molecule has 2 rings (SSSR count). The van der Waals surface area contributed by atoms with E-state index in [1.54, 1.807) is 13.3 Å². The second-order valence-electron chi connectivity index (χ2n) is 5.21. The van der Waals surface area contributed by atoms with Crippen LogP contribution in [-0.4, -0.2) is 34.6 Å². The van der Waals surface area contributed by atoms with Crippen LogP contribution in [0.2, 0.25) is 0 Å². The van der Waals surface area contributed by atoms with Crippen LogP contribution in [0, 0.1) is 0 Å². The molecule has 2 aromatic rings. The number of ether oxygens (including phenoxy) is 1. The molecule has 114 valence electrons. The number of hydrogen-bond acceptors (Lipinski definition) is 4. The lowest BCUT2D eigenvalue weighted by atomic mass is 10.1. The molecule has 1 heterocycles. The minimum atomic E-state index is -0.539. The van der Waals surface area contributed by atoms with Crippen LogP contribution >= 0.6 is 0 Å². The molecule has 0 aliphatic rings. The zero-order valence-electron chi connectivity index (χ0n) is 12.7. The highest BCUT2D eigenvalue weighted by molar-refractivity contribution is 5.28. The second kappa shape index (κ2) is 7.24. The Morgan fingerprint density at radius 2 is 2.00 bits per heavy atom. The first-order valence-corrected chi connectivity index (χ1v) is 7.16. The number of aliphatic hydroxyl groups excluding tert-OH is 1. The number of methoxy groups -OCH3 is 1. The van der Waals surface area contributed by atoms with E-state index in [9.17, 15) is 5.11 Å². The van der Waals surface area contributed by atoms with Crippen LogP contribution in [0.1, 0.15) is 31.6 Å². The first-order chi connectivity index (χ1) is 10.1. The third-order valence-electron chi connectivity index (χ3n) is 3.80. The van der Waals surface area contributed by atoms with Gasteiger partial charge in [0.1, 0.15) is 5.75 Å². The number of nitrogens with one attached hydrogen (secondary N) is 1. The summed E-state index contributed by atoms with van der Waals surface area (Å²) >= 11 is 0. The van der Waals surface area contributed by atoms with Crippen LogP contribution in [0.15, 0.2) is 42.7 Å². The van der Waals surface area contributed by atoms with Crippen LogP contribution in [0.25, 0.3) is 0 Å². The molecular weight excluding hydrogens is 266 g/mol. The second-order valence-corrected chi connectivity index (χ2v) is 5.21. The van der Waals surface area contributed by atoms with Gasteiger partial charge < -0.3 is 15.2 Å². The van der Waals surface area contributed by atoms with E-state index in [0.717, 1.165) is 11.3 Å². The third-order valence-corrected chi connectivity index (χ3v) is 3.80. The minimum absolute atomic E-state index is 0.206. The Labute approximate surface area is 125 Å². The number of nitrogens with zero attached hydrogens (tertiary/aromatic N) is 2. The normalized spacial score (nSPS) is 15.4. The van der Waals surface area contributed by atoms with Crippen molar-refractivity contribution >= 4 is 0 Å². The van der Waals surface area contributed by atoms with Crippen molar-refractivity contribution in [3.63, 3.8) is 0 Å². The maximum atomic E-state index is 10.2. The van der Waals surface area contributed by atoms with Gasteiger partial charge in [-0.25, -0.2) is 0 Å². The zero-order valence-corrected chi connectivity index (χ0v) is 12.7. The molecule has 0 radical (unpaired) electrons. The van der Waals surface area contributed by atoms with Crippen molar-refractivity contribution in [1.29, 1.82) is 0 Å². The van der Waals surface area contributed by atoms with Gasteiger partial charge in [0.2, 0.25) is 0 Å². The van der Waals surface area contributed by atoms with Gasteiger partial charge in [-0.3, -0.25) is 4.68 Å². The highest BCUT2D eigenvalue weighted by Crippen LogP contribution is 2.17. The predicted octanol–water partition coefficient (Wildman–Crippen LogP) is 2.16. The first kappa shape index (κ1) is 15.5. The lowest BCUT2D eigenvalue weighted by Gasteiger charge is -2.23. The van der Waals surface area contributed by atoms with Crippen molar-refractivity contribution in [1.82, 2.24) is 15.1 Å². The first-order valence-electron chi connectivity index (χ1n) is 7.16. The van der Waals surface area contributed by atoms with Crippen LogP contribution in [0.3, 0.4) is 0 Å². The fourth-order valence-corrected chi connectivity index (χ4v) is 2.16.